The smallest absolute Gasteiger partial charge is 0.179 e. The number of hydrogen-bond donors (Lipinski definition) is 0. The van der Waals surface area contributed by atoms with Gasteiger partial charge in [-0.15, -0.1) is 0 Å². The van der Waals surface area contributed by atoms with E-state index in [0.29, 0.717) is 22.9 Å². The average molecular weight is 243 g/mol. The van der Waals surface area contributed by atoms with Crippen molar-refractivity contribution in [3.05, 3.63) is 22.2 Å². The third kappa shape index (κ3) is 2.47. The Bertz CT molecular complexity index is 413. The first-order valence-electron chi connectivity index (χ1n) is 4.90. The van der Waals surface area contributed by atoms with E-state index in [0.717, 1.165) is 11.1 Å². The van der Waals surface area contributed by atoms with Crippen LogP contribution in [0.3, 0.4) is 0 Å². The molecule has 1 aromatic carbocycles. The summed E-state index contributed by atoms with van der Waals surface area (Å²) in [7, 11) is 3.09. The molecule has 0 aliphatic carbocycles. The van der Waals surface area contributed by atoms with Gasteiger partial charge in [0.15, 0.2) is 11.5 Å². The number of ether oxygens (including phenoxy) is 2. The zero-order chi connectivity index (χ0) is 12.3. The van der Waals surface area contributed by atoms with Crippen LogP contribution in [-0.4, -0.2) is 20.0 Å². The van der Waals surface area contributed by atoms with Gasteiger partial charge in [0, 0.05) is 6.42 Å². The van der Waals surface area contributed by atoms with Crippen molar-refractivity contribution in [1.82, 2.24) is 0 Å². The Hall–Kier alpha value is -1.22. The van der Waals surface area contributed by atoms with E-state index in [-0.39, 0.29) is 5.78 Å². The van der Waals surface area contributed by atoms with Crippen molar-refractivity contribution in [3.8, 4) is 11.5 Å². The largest absolute Gasteiger partial charge is 0.493 e. The van der Waals surface area contributed by atoms with E-state index in [2.05, 4.69) is 0 Å². The fraction of sp³-hybridized carbons (Fsp3) is 0.417. The van der Waals surface area contributed by atoms with Crippen molar-refractivity contribution in [2.75, 3.05) is 14.2 Å². The summed E-state index contributed by atoms with van der Waals surface area (Å²) in [4.78, 5) is 11.1. The first-order chi connectivity index (χ1) is 7.51. The minimum Gasteiger partial charge on any atom is -0.493 e. The molecule has 4 heteroatoms. The maximum atomic E-state index is 11.1. The summed E-state index contributed by atoms with van der Waals surface area (Å²) < 4.78 is 10.4. The molecule has 0 amide bonds. The summed E-state index contributed by atoms with van der Waals surface area (Å²) in [6.07, 6.45) is 0.353. The fourth-order valence-corrected chi connectivity index (χ4v) is 1.93. The van der Waals surface area contributed by atoms with Crippen LogP contribution in [0, 0.1) is 6.92 Å². The SMILES string of the molecule is COc1c(Cl)cc(CC(C)=O)c(C)c1OC. The van der Waals surface area contributed by atoms with E-state index in [9.17, 15) is 4.79 Å². The molecule has 0 saturated carbocycles. The molecule has 0 unspecified atom stereocenters. The lowest BCUT2D eigenvalue weighted by molar-refractivity contribution is -0.116. The van der Waals surface area contributed by atoms with Crippen LogP contribution in [-0.2, 0) is 11.2 Å². The Balaban J connectivity index is 3.33. The molecule has 0 aliphatic rings. The second-order valence-electron chi connectivity index (χ2n) is 3.59. The zero-order valence-electron chi connectivity index (χ0n) is 9.89. The summed E-state index contributed by atoms with van der Waals surface area (Å²) in [5, 5.41) is 0.459. The maximum absolute atomic E-state index is 11.1. The standard InChI is InChI=1S/C12H15ClO3/c1-7(14)5-9-6-10(13)12(16-4)11(15-3)8(9)2/h6H,5H2,1-4H3. The second-order valence-corrected chi connectivity index (χ2v) is 4.00. The predicted molar refractivity (Wildman–Crippen MR) is 63.7 cm³/mol. The highest BCUT2D eigenvalue weighted by molar-refractivity contribution is 6.32. The van der Waals surface area contributed by atoms with Gasteiger partial charge in [0.05, 0.1) is 19.2 Å². The van der Waals surface area contributed by atoms with Crippen molar-refractivity contribution in [2.45, 2.75) is 20.3 Å². The van der Waals surface area contributed by atoms with Gasteiger partial charge < -0.3 is 9.47 Å². The van der Waals surface area contributed by atoms with Crippen LogP contribution in [0.25, 0.3) is 0 Å². The maximum Gasteiger partial charge on any atom is 0.179 e. The number of carbonyl (C=O) groups excluding carboxylic acids is 1. The number of hydrogen-bond acceptors (Lipinski definition) is 3. The topological polar surface area (TPSA) is 35.5 Å². The van der Waals surface area contributed by atoms with Gasteiger partial charge in [-0.2, -0.15) is 0 Å². The first-order valence-corrected chi connectivity index (χ1v) is 5.28. The third-order valence-electron chi connectivity index (χ3n) is 2.39. The Morgan fingerprint density at radius 3 is 2.31 bits per heavy atom. The predicted octanol–water partition coefficient (Wildman–Crippen LogP) is 2.80. The van der Waals surface area contributed by atoms with Crippen LogP contribution in [0.4, 0.5) is 0 Å². The van der Waals surface area contributed by atoms with Crippen LogP contribution in [0.2, 0.25) is 5.02 Å². The molecule has 3 nitrogen and oxygen atoms in total. The van der Waals surface area contributed by atoms with Gasteiger partial charge >= 0.3 is 0 Å². The molecule has 16 heavy (non-hydrogen) atoms. The minimum absolute atomic E-state index is 0.0892. The molecule has 0 N–H and O–H groups in total. The number of benzene rings is 1. The van der Waals surface area contributed by atoms with Crippen molar-refractivity contribution in [3.63, 3.8) is 0 Å². The number of ketones is 1. The normalized spacial score (nSPS) is 10.1. The number of methoxy groups -OCH3 is 2. The lowest BCUT2D eigenvalue weighted by atomic mass is 10.0. The van der Waals surface area contributed by atoms with Gasteiger partial charge in [-0.3, -0.25) is 4.79 Å². The number of Topliss-reactive ketones (excluding diaryl/α,β-unsaturated/α-hetero) is 1. The molecular weight excluding hydrogens is 228 g/mol. The number of rotatable bonds is 4. The van der Waals surface area contributed by atoms with Crippen LogP contribution in [0.5, 0.6) is 11.5 Å². The fourth-order valence-electron chi connectivity index (χ4n) is 1.64. The summed E-state index contributed by atoms with van der Waals surface area (Å²) in [6.45, 7) is 3.43. The molecule has 1 rings (SSSR count). The molecule has 88 valence electrons. The molecule has 0 heterocycles. The Labute approximate surface area is 100 Å². The lowest BCUT2D eigenvalue weighted by Gasteiger charge is -2.15. The summed E-state index contributed by atoms with van der Waals surface area (Å²) in [5.41, 5.74) is 1.76. The average Bonchev–Trinajstić information content (AvgIpc) is 2.21. The van der Waals surface area contributed by atoms with Crippen LogP contribution < -0.4 is 9.47 Å². The molecule has 0 atom stereocenters. The molecule has 0 fully saturated rings. The van der Waals surface area contributed by atoms with Gasteiger partial charge in [-0.25, -0.2) is 0 Å². The van der Waals surface area contributed by atoms with Gasteiger partial charge in [-0.05, 0) is 31.0 Å². The molecule has 0 bridgehead atoms. The molecule has 1 aromatic rings. The Morgan fingerprint density at radius 2 is 1.88 bits per heavy atom. The summed E-state index contributed by atoms with van der Waals surface area (Å²) in [5.74, 6) is 1.19. The van der Waals surface area contributed by atoms with Gasteiger partial charge in [0.1, 0.15) is 5.78 Å². The van der Waals surface area contributed by atoms with E-state index in [1.807, 2.05) is 6.92 Å². The Morgan fingerprint density at radius 1 is 1.31 bits per heavy atom. The molecule has 0 spiro atoms. The molecule has 0 radical (unpaired) electrons. The summed E-state index contributed by atoms with van der Waals surface area (Å²) in [6, 6.07) is 1.75. The van der Waals surface area contributed by atoms with Crippen LogP contribution in [0.15, 0.2) is 6.07 Å². The van der Waals surface area contributed by atoms with E-state index in [4.69, 9.17) is 21.1 Å². The van der Waals surface area contributed by atoms with Gasteiger partial charge in [0.25, 0.3) is 0 Å². The number of carbonyl (C=O) groups is 1. The Kier molecular flexibility index (Phi) is 4.19. The van der Waals surface area contributed by atoms with Crippen LogP contribution >= 0.6 is 11.6 Å². The second kappa shape index (κ2) is 5.21. The van der Waals surface area contributed by atoms with Crippen molar-refractivity contribution < 1.29 is 14.3 Å². The van der Waals surface area contributed by atoms with E-state index < -0.39 is 0 Å². The third-order valence-corrected chi connectivity index (χ3v) is 2.67. The lowest BCUT2D eigenvalue weighted by Crippen LogP contribution is -2.02. The highest BCUT2D eigenvalue weighted by Crippen LogP contribution is 2.39. The van der Waals surface area contributed by atoms with E-state index in [1.165, 1.54) is 7.11 Å². The van der Waals surface area contributed by atoms with Crippen molar-refractivity contribution >= 4 is 17.4 Å². The highest BCUT2D eigenvalue weighted by Gasteiger charge is 2.16. The first kappa shape index (κ1) is 12.8. The zero-order valence-corrected chi connectivity index (χ0v) is 10.6. The van der Waals surface area contributed by atoms with Gasteiger partial charge in [-0.1, -0.05) is 11.6 Å². The molecular formula is C12H15ClO3. The molecule has 0 saturated heterocycles. The highest BCUT2D eigenvalue weighted by atomic mass is 35.5. The van der Waals surface area contributed by atoms with E-state index >= 15 is 0 Å². The molecule has 0 aliphatic heterocycles. The molecule has 0 aromatic heterocycles. The minimum atomic E-state index is 0.0892. The summed E-state index contributed by atoms with van der Waals surface area (Å²) >= 11 is 6.05. The van der Waals surface area contributed by atoms with E-state index in [1.54, 1.807) is 20.1 Å². The monoisotopic (exact) mass is 242 g/mol. The van der Waals surface area contributed by atoms with Crippen molar-refractivity contribution in [1.29, 1.82) is 0 Å². The van der Waals surface area contributed by atoms with Crippen molar-refractivity contribution in [2.24, 2.45) is 0 Å². The quantitative estimate of drug-likeness (QED) is 0.815. The number of halogens is 1. The van der Waals surface area contributed by atoms with Crippen LogP contribution in [0.1, 0.15) is 18.1 Å². The van der Waals surface area contributed by atoms with Gasteiger partial charge in [0.2, 0.25) is 0 Å².